The molecule has 4 fully saturated rings. The van der Waals surface area contributed by atoms with Crippen LogP contribution in [0.4, 0.5) is 0 Å². The Labute approximate surface area is 201 Å². The molecule has 6 heteroatoms. The van der Waals surface area contributed by atoms with Gasteiger partial charge in [0, 0.05) is 31.7 Å². The maximum atomic E-state index is 12.1. The Hall–Kier alpha value is -2.11. The number of carbonyl (C=O) groups is 2. The van der Waals surface area contributed by atoms with Crippen LogP contribution < -0.4 is 5.63 Å². The van der Waals surface area contributed by atoms with Gasteiger partial charge in [-0.1, -0.05) is 19.9 Å². The first-order chi connectivity index (χ1) is 16.1. The zero-order valence-corrected chi connectivity index (χ0v) is 20.9. The van der Waals surface area contributed by atoms with E-state index < -0.39 is 0 Å². The van der Waals surface area contributed by atoms with Crippen LogP contribution in [0.5, 0.6) is 0 Å². The Morgan fingerprint density at radius 3 is 2.29 bits per heavy atom. The third-order valence-electron chi connectivity index (χ3n) is 10.3. The van der Waals surface area contributed by atoms with Crippen LogP contribution in [0.2, 0.25) is 0 Å². The molecule has 0 aliphatic heterocycles. The summed E-state index contributed by atoms with van der Waals surface area (Å²) >= 11 is 0. The van der Waals surface area contributed by atoms with E-state index in [1.54, 1.807) is 0 Å². The zero-order valence-electron chi connectivity index (χ0n) is 20.9. The van der Waals surface area contributed by atoms with E-state index in [1.165, 1.54) is 19.9 Å². The van der Waals surface area contributed by atoms with Gasteiger partial charge in [-0.3, -0.25) is 9.59 Å². The summed E-state index contributed by atoms with van der Waals surface area (Å²) in [6.45, 7) is 7.77. The van der Waals surface area contributed by atoms with Crippen molar-refractivity contribution in [2.24, 2.45) is 34.5 Å². The second-order valence-electron chi connectivity index (χ2n) is 11.9. The molecule has 0 radical (unpaired) electrons. The van der Waals surface area contributed by atoms with Crippen LogP contribution >= 0.6 is 0 Å². The van der Waals surface area contributed by atoms with Crippen molar-refractivity contribution < 1.29 is 23.5 Å². The normalized spacial score (nSPS) is 43.2. The molecule has 0 bridgehead atoms. The van der Waals surface area contributed by atoms with E-state index in [4.69, 9.17) is 13.9 Å². The highest BCUT2D eigenvalue weighted by Gasteiger charge is 2.63. The smallest absolute Gasteiger partial charge is 0.335 e. The van der Waals surface area contributed by atoms with Crippen LogP contribution in [0.25, 0.3) is 0 Å². The monoisotopic (exact) mass is 470 g/mol. The summed E-state index contributed by atoms with van der Waals surface area (Å²) in [5.41, 5.74) is -0.124. The molecular weight excluding hydrogens is 432 g/mol. The predicted octanol–water partition coefficient (Wildman–Crippen LogP) is 5.24. The number of fused-ring (bicyclic) bond motifs is 5. The molecule has 9 atom stereocenters. The maximum absolute atomic E-state index is 12.1. The molecule has 4 aliphatic rings. The Balaban J connectivity index is 1.45. The van der Waals surface area contributed by atoms with Crippen molar-refractivity contribution in [3.8, 4) is 0 Å². The van der Waals surface area contributed by atoms with Crippen molar-refractivity contribution >= 4 is 11.9 Å². The van der Waals surface area contributed by atoms with Gasteiger partial charge >= 0.3 is 17.6 Å². The van der Waals surface area contributed by atoms with E-state index in [0.717, 1.165) is 57.1 Å². The first-order valence-corrected chi connectivity index (χ1v) is 13.1. The topological polar surface area (TPSA) is 82.8 Å². The molecule has 1 aromatic rings. The first kappa shape index (κ1) is 23.6. The van der Waals surface area contributed by atoms with Gasteiger partial charge in [-0.15, -0.1) is 0 Å². The van der Waals surface area contributed by atoms with Crippen molar-refractivity contribution in [3.05, 3.63) is 34.4 Å². The van der Waals surface area contributed by atoms with Gasteiger partial charge in [-0.2, -0.15) is 0 Å². The van der Waals surface area contributed by atoms with Gasteiger partial charge in [0.05, 0.1) is 0 Å². The minimum atomic E-state index is -0.272. The van der Waals surface area contributed by atoms with Gasteiger partial charge in [-0.05, 0) is 86.0 Å². The average Bonchev–Trinajstić information content (AvgIpc) is 3.11. The summed E-state index contributed by atoms with van der Waals surface area (Å²) in [5, 5.41) is 0. The standard InChI is InChI=1S/C28H38O6/c1-16(29)32-18-10-12-28(4)21-11-13-27(3)20(8-9-22(27)24-6-5-7-26(31)34-24)19(21)15-25(23(28)14-18)33-17(2)30/h5-7,18-23,25H,8-15H2,1-4H3/t18-,19-,20-,21-,22-,23-,25-,27-,28+/m0/s1. The van der Waals surface area contributed by atoms with Crippen molar-refractivity contribution in [2.45, 2.75) is 97.2 Å². The Kier molecular flexibility index (Phi) is 5.92. The van der Waals surface area contributed by atoms with Gasteiger partial charge in [0.1, 0.15) is 18.0 Å². The number of carbonyl (C=O) groups excluding carboxylic acids is 2. The molecule has 6 nitrogen and oxygen atoms in total. The lowest BCUT2D eigenvalue weighted by atomic mass is 9.44. The summed E-state index contributed by atoms with van der Waals surface area (Å²) in [4.78, 5) is 35.7. The van der Waals surface area contributed by atoms with Gasteiger partial charge in [0.15, 0.2) is 0 Å². The van der Waals surface area contributed by atoms with E-state index in [1.807, 2.05) is 12.1 Å². The fourth-order valence-electron chi connectivity index (χ4n) is 8.98. The fourth-order valence-corrected chi connectivity index (χ4v) is 8.98. The molecule has 0 amide bonds. The molecule has 5 rings (SSSR count). The van der Waals surface area contributed by atoms with Crippen LogP contribution in [-0.4, -0.2) is 24.1 Å². The van der Waals surface area contributed by atoms with E-state index in [-0.39, 0.29) is 52.4 Å². The fraction of sp³-hybridized carbons (Fsp3) is 0.750. The summed E-state index contributed by atoms with van der Waals surface area (Å²) in [5.74, 6) is 2.41. The summed E-state index contributed by atoms with van der Waals surface area (Å²) in [6, 6.07) is 5.27. The highest BCUT2D eigenvalue weighted by atomic mass is 16.5. The quantitative estimate of drug-likeness (QED) is 0.562. The largest absolute Gasteiger partial charge is 0.463 e. The van der Waals surface area contributed by atoms with Gasteiger partial charge < -0.3 is 13.9 Å². The Morgan fingerprint density at radius 2 is 1.59 bits per heavy atom. The van der Waals surface area contributed by atoms with E-state index in [9.17, 15) is 14.4 Å². The number of hydrogen-bond donors (Lipinski definition) is 0. The lowest BCUT2D eigenvalue weighted by molar-refractivity contribution is -0.195. The third kappa shape index (κ3) is 3.81. The summed E-state index contributed by atoms with van der Waals surface area (Å²) < 4.78 is 17.3. The van der Waals surface area contributed by atoms with Gasteiger partial charge in [-0.25, -0.2) is 4.79 Å². The van der Waals surface area contributed by atoms with Gasteiger partial charge in [0.25, 0.3) is 0 Å². The molecule has 0 spiro atoms. The SMILES string of the molecule is CC(=O)O[C@H]1CC[C@]2(C)[C@H]3CC[C@]4(C)[C@H](c5cccc(=O)o5)CC[C@H]4[C@@H]3C[C@H](OC(C)=O)[C@@H]2C1. The zero-order chi connectivity index (χ0) is 24.3. The molecule has 0 unspecified atom stereocenters. The summed E-state index contributed by atoms with van der Waals surface area (Å²) in [6.07, 6.45) is 7.71. The predicted molar refractivity (Wildman–Crippen MR) is 126 cm³/mol. The van der Waals surface area contributed by atoms with Crippen LogP contribution in [0, 0.1) is 34.5 Å². The van der Waals surface area contributed by atoms with Crippen LogP contribution in [0.1, 0.15) is 90.7 Å². The van der Waals surface area contributed by atoms with Crippen LogP contribution in [-0.2, 0) is 19.1 Å². The minimum Gasteiger partial charge on any atom is -0.463 e. The number of hydrogen-bond acceptors (Lipinski definition) is 6. The number of esters is 2. The van der Waals surface area contributed by atoms with E-state index in [2.05, 4.69) is 13.8 Å². The molecule has 1 heterocycles. The number of ether oxygens (including phenoxy) is 2. The van der Waals surface area contributed by atoms with Crippen molar-refractivity contribution in [1.29, 1.82) is 0 Å². The molecular formula is C28H38O6. The van der Waals surface area contributed by atoms with Gasteiger partial charge in [0.2, 0.25) is 0 Å². The molecule has 0 saturated heterocycles. The molecule has 4 aliphatic carbocycles. The summed E-state index contributed by atoms with van der Waals surface area (Å²) in [7, 11) is 0. The molecule has 0 N–H and O–H groups in total. The van der Waals surface area contributed by atoms with Crippen molar-refractivity contribution in [2.75, 3.05) is 0 Å². The highest BCUT2D eigenvalue weighted by molar-refractivity contribution is 5.66. The lowest BCUT2D eigenvalue weighted by Gasteiger charge is -2.62. The third-order valence-corrected chi connectivity index (χ3v) is 10.3. The maximum Gasteiger partial charge on any atom is 0.335 e. The van der Waals surface area contributed by atoms with E-state index in [0.29, 0.717) is 17.8 Å². The van der Waals surface area contributed by atoms with Crippen molar-refractivity contribution in [3.63, 3.8) is 0 Å². The second kappa shape index (κ2) is 8.53. The number of rotatable bonds is 3. The Bertz CT molecular complexity index is 1010. The van der Waals surface area contributed by atoms with Crippen molar-refractivity contribution in [1.82, 2.24) is 0 Å². The average molecular weight is 471 g/mol. The Morgan fingerprint density at radius 1 is 0.882 bits per heavy atom. The highest BCUT2D eigenvalue weighted by Crippen LogP contribution is 2.69. The molecule has 0 aromatic carbocycles. The van der Waals surface area contributed by atoms with Crippen LogP contribution in [0.3, 0.4) is 0 Å². The second-order valence-corrected chi connectivity index (χ2v) is 11.9. The molecule has 1 aromatic heterocycles. The van der Waals surface area contributed by atoms with E-state index >= 15 is 0 Å². The molecule has 186 valence electrons. The molecule has 34 heavy (non-hydrogen) atoms. The van der Waals surface area contributed by atoms with Crippen LogP contribution in [0.15, 0.2) is 27.4 Å². The first-order valence-electron chi connectivity index (χ1n) is 13.1. The minimum absolute atomic E-state index is 0.0679. The molecule has 4 saturated carbocycles. The lowest BCUT2D eigenvalue weighted by Crippen LogP contribution is -2.59.